The number of hydrogen-bond donors (Lipinski definition) is 2. The molecule has 2 N–H and O–H groups in total. The molecule has 3 saturated heterocycles. The molecule has 3 aromatic rings. The van der Waals surface area contributed by atoms with Crippen molar-refractivity contribution in [3.8, 4) is 23.2 Å². The normalized spacial score (nSPS) is 21.5. The Morgan fingerprint density at radius 1 is 1.16 bits per heavy atom. The number of aromatic nitrogens is 3. The van der Waals surface area contributed by atoms with Crippen LogP contribution < -0.4 is 15.0 Å². The molecule has 13 heteroatoms. The van der Waals surface area contributed by atoms with E-state index in [0.29, 0.717) is 29.9 Å². The Morgan fingerprint density at radius 3 is 2.60 bits per heavy atom. The van der Waals surface area contributed by atoms with Crippen LogP contribution in [0, 0.1) is 11.3 Å². The molecule has 236 valence electrons. The van der Waals surface area contributed by atoms with E-state index in [9.17, 15) is 19.6 Å². The predicted molar refractivity (Wildman–Crippen MR) is 165 cm³/mol. The van der Waals surface area contributed by atoms with Gasteiger partial charge >= 0.3 is 0 Å². The van der Waals surface area contributed by atoms with Gasteiger partial charge in [0.2, 0.25) is 11.9 Å². The molecule has 1 aromatic heterocycles. The van der Waals surface area contributed by atoms with E-state index in [-0.39, 0.29) is 36.6 Å². The number of piperazine rings is 1. The van der Waals surface area contributed by atoms with Crippen LogP contribution in [0.25, 0.3) is 11.4 Å². The maximum absolute atomic E-state index is 15.0. The van der Waals surface area contributed by atoms with E-state index in [4.69, 9.17) is 9.47 Å². The zero-order valence-corrected chi connectivity index (χ0v) is 25.2. The second-order valence-electron chi connectivity index (χ2n) is 11.7. The van der Waals surface area contributed by atoms with Crippen LogP contribution in [0.3, 0.4) is 0 Å². The number of carbonyl (C=O) groups excluding carboxylic acids is 1. The molecule has 3 aliphatic heterocycles. The Hall–Kier alpha value is -4.38. The highest BCUT2D eigenvalue weighted by Crippen LogP contribution is 2.29. The second kappa shape index (κ2) is 13.7. The van der Waals surface area contributed by atoms with Gasteiger partial charge in [0, 0.05) is 56.1 Å². The summed E-state index contributed by atoms with van der Waals surface area (Å²) in [5, 5.41) is 22.5. The number of nitrogens with one attached hydrogen (secondary N) is 1. The smallest absolute Gasteiger partial charge is 0.230 e. The largest absolute Gasteiger partial charge is 0.486 e. The number of rotatable bonds is 9. The summed E-state index contributed by atoms with van der Waals surface area (Å²) in [5.74, 6) is 0.694. The number of carbonyl (C=O) groups is 1. The van der Waals surface area contributed by atoms with Gasteiger partial charge in [-0.15, -0.1) is 0 Å². The maximum Gasteiger partial charge on any atom is 0.230 e. The van der Waals surface area contributed by atoms with Crippen LogP contribution >= 0.6 is 0 Å². The van der Waals surface area contributed by atoms with Gasteiger partial charge in [-0.25, -0.2) is 14.4 Å². The molecule has 2 aromatic carbocycles. The monoisotopic (exact) mass is 616 g/mol. The molecule has 6 rings (SSSR count). The molecule has 4 heterocycles. The topological polar surface area (TPSA) is 140 Å². The van der Waals surface area contributed by atoms with Gasteiger partial charge in [-0.3, -0.25) is 9.69 Å². The fraction of sp³-hybridized carbons (Fsp3) is 0.469. The van der Waals surface area contributed by atoms with Crippen LogP contribution in [0.15, 0.2) is 48.8 Å². The quantitative estimate of drug-likeness (QED) is 0.367. The molecule has 1 amide bonds. The third-order valence-electron chi connectivity index (χ3n) is 8.45. The lowest BCUT2D eigenvalue weighted by Crippen LogP contribution is -2.56. The minimum atomic E-state index is -1.42. The number of hydrogen-bond acceptors (Lipinski definition) is 11. The van der Waals surface area contributed by atoms with Gasteiger partial charge in [0.1, 0.15) is 24.3 Å². The van der Waals surface area contributed by atoms with Crippen LogP contribution in [0.1, 0.15) is 25.3 Å². The number of piperidine rings is 1. The summed E-state index contributed by atoms with van der Waals surface area (Å²) >= 11 is 0. The number of benzene rings is 2. The number of halogens is 1. The van der Waals surface area contributed by atoms with E-state index in [1.54, 1.807) is 18.2 Å². The summed E-state index contributed by atoms with van der Waals surface area (Å²) in [7, 11) is 0. The predicted octanol–water partition coefficient (Wildman–Crippen LogP) is 2.76. The second-order valence-corrected chi connectivity index (χ2v) is 11.7. The number of alkyl halides is 1. The number of ether oxygens (including phenoxy) is 2. The van der Waals surface area contributed by atoms with Gasteiger partial charge in [0.15, 0.2) is 12.0 Å². The first-order valence-corrected chi connectivity index (χ1v) is 15.3. The third-order valence-corrected chi connectivity index (χ3v) is 8.45. The maximum atomic E-state index is 15.0. The van der Waals surface area contributed by atoms with E-state index >= 15 is 0 Å². The molecule has 45 heavy (non-hydrogen) atoms. The van der Waals surface area contributed by atoms with Crippen molar-refractivity contribution in [2.24, 2.45) is 0 Å². The highest BCUT2D eigenvalue weighted by molar-refractivity contribution is 5.76. The molecule has 0 saturated carbocycles. The van der Waals surface area contributed by atoms with E-state index in [2.05, 4.69) is 48.3 Å². The fourth-order valence-corrected chi connectivity index (χ4v) is 5.81. The van der Waals surface area contributed by atoms with Gasteiger partial charge in [-0.1, -0.05) is 0 Å². The Labute approximate surface area is 261 Å². The number of nitrogens with zero attached hydrogens (tertiary/aromatic N) is 7. The molecular formula is C32H37FN8O4. The average molecular weight is 617 g/mol. The minimum absolute atomic E-state index is 0.0476. The summed E-state index contributed by atoms with van der Waals surface area (Å²) in [6, 6.07) is 15.8. The first kappa shape index (κ1) is 30.6. The molecule has 0 aliphatic carbocycles. The van der Waals surface area contributed by atoms with Crippen LogP contribution in [-0.2, 0) is 9.53 Å². The number of aliphatic hydroxyl groups is 1. The fourth-order valence-electron chi connectivity index (χ4n) is 5.81. The van der Waals surface area contributed by atoms with Crippen molar-refractivity contribution >= 4 is 23.2 Å². The summed E-state index contributed by atoms with van der Waals surface area (Å²) in [5.41, 5.74) is 2.81. The molecule has 0 unspecified atom stereocenters. The number of nitriles is 1. The first-order chi connectivity index (χ1) is 21.9. The summed E-state index contributed by atoms with van der Waals surface area (Å²) in [6.45, 7) is 7.43. The lowest BCUT2D eigenvalue weighted by Gasteiger charge is -2.43. The highest BCUT2D eigenvalue weighted by Gasteiger charge is 2.34. The van der Waals surface area contributed by atoms with Crippen molar-refractivity contribution in [2.45, 2.75) is 44.2 Å². The highest BCUT2D eigenvalue weighted by atomic mass is 19.1. The van der Waals surface area contributed by atoms with Crippen molar-refractivity contribution in [1.29, 1.82) is 5.26 Å². The Balaban J connectivity index is 1.06. The summed E-state index contributed by atoms with van der Waals surface area (Å²) < 4.78 is 26.2. The minimum Gasteiger partial charge on any atom is -0.486 e. The van der Waals surface area contributed by atoms with E-state index in [1.165, 1.54) is 23.8 Å². The van der Waals surface area contributed by atoms with E-state index < -0.39 is 18.4 Å². The molecule has 12 nitrogen and oxygen atoms in total. The number of aliphatic hydroxyl groups excluding tert-OH is 1. The van der Waals surface area contributed by atoms with E-state index in [0.717, 1.165) is 45.1 Å². The van der Waals surface area contributed by atoms with Crippen LogP contribution in [0.2, 0.25) is 0 Å². The molecule has 3 aliphatic rings. The lowest BCUT2D eigenvalue weighted by atomic mass is 10.0. The molecule has 3 fully saturated rings. The lowest BCUT2D eigenvalue weighted by molar-refractivity contribution is -0.136. The van der Waals surface area contributed by atoms with Gasteiger partial charge < -0.3 is 29.7 Å². The molecule has 0 bridgehead atoms. The van der Waals surface area contributed by atoms with E-state index in [1.807, 2.05) is 12.1 Å². The van der Waals surface area contributed by atoms with Crippen LogP contribution in [0.4, 0.5) is 21.7 Å². The molecular weight excluding hydrogens is 579 g/mol. The zero-order valence-electron chi connectivity index (χ0n) is 25.2. The Bertz CT molecular complexity index is 1520. The van der Waals surface area contributed by atoms with Crippen molar-refractivity contribution in [3.63, 3.8) is 0 Å². The third kappa shape index (κ3) is 7.30. The van der Waals surface area contributed by atoms with Gasteiger partial charge in [0.05, 0.1) is 43.9 Å². The average Bonchev–Trinajstić information content (AvgIpc) is 3.02. The van der Waals surface area contributed by atoms with Gasteiger partial charge in [-0.2, -0.15) is 10.2 Å². The van der Waals surface area contributed by atoms with Crippen molar-refractivity contribution in [1.82, 2.24) is 24.8 Å². The van der Waals surface area contributed by atoms with Crippen molar-refractivity contribution < 1.29 is 23.8 Å². The number of anilines is 3. The number of amides is 1. The van der Waals surface area contributed by atoms with Gasteiger partial charge in [0.25, 0.3) is 0 Å². The molecule has 3 atom stereocenters. The molecule has 0 spiro atoms. The summed E-state index contributed by atoms with van der Waals surface area (Å²) in [4.78, 5) is 31.6. The Morgan fingerprint density at radius 2 is 1.93 bits per heavy atom. The van der Waals surface area contributed by atoms with Crippen LogP contribution in [-0.4, -0.2) is 113 Å². The standard InChI is InChI=1S/C32H37FN8O4/c1-21(42)14-30(43)41-9-8-29(27(33)17-41)45-28-7-2-22(15-23(28)16-34)31-35-20-36-32(38-31)37-24-3-5-25(6-4-24)39-10-12-40(13-11-39)26-18-44-19-26/h2-7,15,20-21,26-27,29,42H,8-14,17-19H2,1H3,(H,35,36,37,38)/t21-,27+,29+/m1/s1. The SMILES string of the molecule is C[C@@H](O)CC(=O)N1CC[C@H](Oc2ccc(-c3ncnc(Nc4ccc(N5CCN(C6COC6)CC5)cc4)n3)cc2C#N)[C@@H](F)C1. The zero-order chi connectivity index (χ0) is 31.3. The van der Waals surface area contributed by atoms with Crippen molar-refractivity contribution in [2.75, 3.05) is 62.7 Å². The summed E-state index contributed by atoms with van der Waals surface area (Å²) in [6.07, 6.45) is -1.38. The number of likely N-dealkylation sites (tertiary alicyclic amines) is 1. The van der Waals surface area contributed by atoms with Gasteiger partial charge in [-0.05, 0) is 49.4 Å². The molecule has 0 radical (unpaired) electrons. The van der Waals surface area contributed by atoms with Crippen molar-refractivity contribution in [3.05, 3.63) is 54.4 Å². The van der Waals surface area contributed by atoms with Crippen LogP contribution in [0.5, 0.6) is 5.75 Å². The first-order valence-electron chi connectivity index (χ1n) is 15.3. The Kier molecular flexibility index (Phi) is 9.34.